The van der Waals surface area contributed by atoms with E-state index in [1.807, 2.05) is 6.07 Å². The molecule has 0 aliphatic rings. The maximum Gasteiger partial charge on any atom is 0.273 e. The van der Waals surface area contributed by atoms with Gasteiger partial charge in [-0.25, -0.2) is 4.98 Å². The van der Waals surface area contributed by atoms with Crippen LogP contribution in [0.3, 0.4) is 0 Å². The summed E-state index contributed by atoms with van der Waals surface area (Å²) >= 11 is 0. The summed E-state index contributed by atoms with van der Waals surface area (Å²) in [4.78, 5) is 18.3. The number of hydrogen-bond acceptors (Lipinski definition) is 4. The minimum Gasteiger partial charge on any atom is -0.492 e. The van der Waals surface area contributed by atoms with Crippen LogP contribution in [0.4, 0.5) is 5.69 Å². The van der Waals surface area contributed by atoms with E-state index in [2.05, 4.69) is 15.3 Å². The largest absolute Gasteiger partial charge is 0.492 e. The first kappa shape index (κ1) is 12.1. The number of aromatic amines is 1. The first-order valence-corrected chi connectivity index (χ1v) is 5.52. The first-order valence-electron chi connectivity index (χ1n) is 5.52. The number of nitrogens with zero attached hydrogens (tertiary/aromatic N) is 1. The van der Waals surface area contributed by atoms with Gasteiger partial charge in [-0.2, -0.15) is 0 Å². The fourth-order valence-electron chi connectivity index (χ4n) is 1.42. The maximum atomic E-state index is 11.8. The number of hydrogen-bond donors (Lipinski definition) is 3. The summed E-state index contributed by atoms with van der Waals surface area (Å²) in [6, 6.07) is 7.13. The first-order chi connectivity index (χ1) is 8.79. The smallest absolute Gasteiger partial charge is 0.273 e. The Labute approximate surface area is 104 Å². The molecule has 6 heteroatoms. The highest BCUT2D eigenvalue weighted by Crippen LogP contribution is 2.17. The lowest BCUT2D eigenvalue weighted by Crippen LogP contribution is -2.13. The fraction of sp³-hybridized carbons (Fsp3) is 0.167. The lowest BCUT2D eigenvalue weighted by atomic mass is 10.3. The van der Waals surface area contributed by atoms with Crippen molar-refractivity contribution < 1.29 is 9.53 Å². The summed E-state index contributed by atoms with van der Waals surface area (Å²) < 4.78 is 5.37. The molecule has 2 rings (SSSR count). The van der Waals surface area contributed by atoms with E-state index in [9.17, 15) is 4.79 Å². The van der Waals surface area contributed by atoms with Crippen LogP contribution in [0, 0.1) is 0 Å². The molecule has 1 heterocycles. The van der Waals surface area contributed by atoms with E-state index in [1.165, 1.54) is 12.5 Å². The Morgan fingerprint density at radius 2 is 2.39 bits per heavy atom. The average Bonchev–Trinajstić information content (AvgIpc) is 2.91. The van der Waals surface area contributed by atoms with Gasteiger partial charge in [0.05, 0.1) is 12.5 Å². The molecule has 0 aliphatic carbocycles. The summed E-state index contributed by atoms with van der Waals surface area (Å²) in [6.45, 7) is 0.892. The van der Waals surface area contributed by atoms with Crippen molar-refractivity contribution in [2.75, 3.05) is 18.5 Å². The van der Waals surface area contributed by atoms with Gasteiger partial charge in [0, 0.05) is 18.3 Å². The van der Waals surface area contributed by atoms with Crippen LogP contribution in [-0.2, 0) is 0 Å². The van der Waals surface area contributed by atoms with E-state index in [-0.39, 0.29) is 5.91 Å². The van der Waals surface area contributed by atoms with Gasteiger partial charge in [-0.15, -0.1) is 0 Å². The normalized spacial score (nSPS) is 10.1. The molecule has 0 saturated heterocycles. The molecule has 94 valence electrons. The number of rotatable bonds is 5. The zero-order valence-corrected chi connectivity index (χ0v) is 9.72. The van der Waals surface area contributed by atoms with Gasteiger partial charge < -0.3 is 20.8 Å². The summed E-state index contributed by atoms with van der Waals surface area (Å²) in [6.07, 6.45) is 2.92. The molecule has 0 radical (unpaired) electrons. The molecule has 1 aromatic carbocycles. The molecule has 1 amide bonds. The van der Waals surface area contributed by atoms with E-state index < -0.39 is 0 Å². The molecule has 0 unspecified atom stereocenters. The highest BCUT2D eigenvalue weighted by Gasteiger charge is 2.07. The van der Waals surface area contributed by atoms with Crippen molar-refractivity contribution in [2.45, 2.75) is 0 Å². The van der Waals surface area contributed by atoms with Gasteiger partial charge in [-0.1, -0.05) is 6.07 Å². The monoisotopic (exact) mass is 246 g/mol. The van der Waals surface area contributed by atoms with Crippen LogP contribution in [0.1, 0.15) is 10.5 Å². The van der Waals surface area contributed by atoms with Gasteiger partial charge >= 0.3 is 0 Å². The van der Waals surface area contributed by atoms with E-state index in [1.54, 1.807) is 18.2 Å². The van der Waals surface area contributed by atoms with Gasteiger partial charge in [-0.05, 0) is 12.1 Å². The number of benzene rings is 1. The molecule has 0 saturated carbocycles. The van der Waals surface area contributed by atoms with Crippen molar-refractivity contribution in [1.82, 2.24) is 9.97 Å². The Hall–Kier alpha value is -2.34. The number of nitrogens with two attached hydrogens (primary N) is 1. The Balaban J connectivity index is 2.03. The van der Waals surface area contributed by atoms with Crippen LogP contribution in [0.25, 0.3) is 0 Å². The maximum absolute atomic E-state index is 11.8. The van der Waals surface area contributed by atoms with Crippen LogP contribution >= 0.6 is 0 Å². The van der Waals surface area contributed by atoms with Crippen molar-refractivity contribution in [3.05, 3.63) is 42.5 Å². The molecule has 0 aliphatic heterocycles. The lowest BCUT2D eigenvalue weighted by Gasteiger charge is -2.07. The predicted octanol–water partition coefficient (Wildman–Crippen LogP) is 0.999. The third-order valence-electron chi connectivity index (χ3n) is 2.22. The second kappa shape index (κ2) is 5.83. The van der Waals surface area contributed by atoms with Gasteiger partial charge in [0.2, 0.25) is 0 Å². The Kier molecular flexibility index (Phi) is 3.93. The molecule has 0 spiro atoms. The zero-order valence-electron chi connectivity index (χ0n) is 9.72. The Morgan fingerprint density at radius 3 is 3.11 bits per heavy atom. The molecular weight excluding hydrogens is 232 g/mol. The van der Waals surface area contributed by atoms with Crippen molar-refractivity contribution >= 4 is 11.6 Å². The summed E-state index contributed by atoms with van der Waals surface area (Å²) in [5.74, 6) is 0.423. The predicted molar refractivity (Wildman–Crippen MR) is 67.5 cm³/mol. The molecule has 18 heavy (non-hydrogen) atoms. The zero-order chi connectivity index (χ0) is 12.8. The molecule has 6 nitrogen and oxygen atoms in total. The number of imidazole rings is 1. The molecule has 4 N–H and O–H groups in total. The summed E-state index contributed by atoms with van der Waals surface area (Å²) in [7, 11) is 0. The van der Waals surface area contributed by atoms with Crippen LogP contribution in [0.2, 0.25) is 0 Å². The number of nitrogens with one attached hydrogen (secondary N) is 2. The van der Waals surface area contributed by atoms with Crippen molar-refractivity contribution in [2.24, 2.45) is 5.73 Å². The number of ether oxygens (including phenoxy) is 1. The summed E-state index contributed by atoms with van der Waals surface area (Å²) in [5.41, 5.74) is 6.42. The van der Waals surface area contributed by atoms with Crippen molar-refractivity contribution in [3.8, 4) is 5.75 Å². The number of carbonyl (C=O) groups is 1. The van der Waals surface area contributed by atoms with Gasteiger partial charge in [0.15, 0.2) is 0 Å². The number of H-pyrrole nitrogens is 1. The number of carbonyl (C=O) groups excluding carboxylic acids is 1. The number of aromatic nitrogens is 2. The van der Waals surface area contributed by atoms with Crippen LogP contribution < -0.4 is 15.8 Å². The van der Waals surface area contributed by atoms with Crippen LogP contribution in [0.5, 0.6) is 5.75 Å². The van der Waals surface area contributed by atoms with E-state index >= 15 is 0 Å². The van der Waals surface area contributed by atoms with E-state index in [0.29, 0.717) is 30.3 Å². The van der Waals surface area contributed by atoms with Crippen LogP contribution in [-0.4, -0.2) is 29.0 Å². The van der Waals surface area contributed by atoms with Gasteiger partial charge in [0.25, 0.3) is 5.91 Å². The van der Waals surface area contributed by atoms with Gasteiger partial charge in [-0.3, -0.25) is 4.79 Å². The van der Waals surface area contributed by atoms with E-state index in [0.717, 1.165) is 0 Å². The second-order valence-electron chi connectivity index (χ2n) is 3.58. The molecule has 1 aromatic heterocycles. The molecular formula is C12H14N4O2. The molecule has 0 bridgehead atoms. The SMILES string of the molecule is NCCOc1cccc(NC(=O)c2cnc[nH]2)c1. The average molecular weight is 246 g/mol. The third kappa shape index (κ3) is 3.08. The number of anilines is 1. The molecule has 2 aromatic rings. The second-order valence-corrected chi connectivity index (χ2v) is 3.58. The highest BCUT2D eigenvalue weighted by atomic mass is 16.5. The van der Waals surface area contributed by atoms with Crippen molar-refractivity contribution in [3.63, 3.8) is 0 Å². The van der Waals surface area contributed by atoms with E-state index in [4.69, 9.17) is 10.5 Å². The highest BCUT2D eigenvalue weighted by molar-refractivity contribution is 6.02. The Bertz CT molecular complexity index is 511. The lowest BCUT2D eigenvalue weighted by molar-refractivity contribution is 0.102. The minimum atomic E-state index is -0.247. The molecule has 0 atom stereocenters. The Morgan fingerprint density at radius 1 is 1.50 bits per heavy atom. The topological polar surface area (TPSA) is 93.0 Å². The minimum absolute atomic E-state index is 0.247. The quantitative estimate of drug-likeness (QED) is 0.733. The van der Waals surface area contributed by atoms with Gasteiger partial charge in [0.1, 0.15) is 18.1 Å². The van der Waals surface area contributed by atoms with Crippen molar-refractivity contribution in [1.29, 1.82) is 0 Å². The third-order valence-corrected chi connectivity index (χ3v) is 2.22. The fourth-order valence-corrected chi connectivity index (χ4v) is 1.42. The summed E-state index contributed by atoms with van der Waals surface area (Å²) in [5, 5.41) is 2.74. The van der Waals surface area contributed by atoms with Crippen LogP contribution in [0.15, 0.2) is 36.8 Å². The number of amides is 1. The standard InChI is InChI=1S/C12H14N4O2/c13-4-5-18-10-3-1-2-9(6-10)16-12(17)11-7-14-8-15-11/h1-3,6-8H,4-5,13H2,(H,14,15)(H,16,17). The molecule has 0 fully saturated rings.